The normalized spacial score (nSPS) is 14.5. The van der Waals surface area contributed by atoms with Gasteiger partial charge >= 0.3 is 0 Å². The Labute approximate surface area is 219 Å². The molecule has 0 amide bonds. The summed E-state index contributed by atoms with van der Waals surface area (Å²) in [6.45, 7) is 5.06. The van der Waals surface area contributed by atoms with E-state index in [2.05, 4.69) is 87.7 Å². The summed E-state index contributed by atoms with van der Waals surface area (Å²) in [4.78, 5) is 2.57. The molecule has 3 aromatic carbocycles. The van der Waals surface area contributed by atoms with E-state index < -0.39 is 0 Å². The maximum absolute atomic E-state index is 6.43. The van der Waals surface area contributed by atoms with E-state index in [0.717, 1.165) is 43.3 Å². The van der Waals surface area contributed by atoms with Crippen LogP contribution in [0, 0.1) is 0 Å². The molecule has 1 fully saturated rings. The summed E-state index contributed by atoms with van der Waals surface area (Å²) < 4.78 is 2.33. The highest BCUT2D eigenvalue weighted by atomic mass is 35.5. The molecule has 1 aliphatic heterocycles. The lowest BCUT2D eigenvalue weighted by Crippen LogP contribution is -2.41. The third-order valence-electron chi connectivity index (χ3n) is 6.59. The van der Waals surface area contributed by atoms with Crippen molar-refractivity contribution in [1.82, 2.24) is 14.8 Å². The highest BCUT2D eigenvalue weighted by molar-refractivity contribution is 6.31. The molecule has 0 aliphatic carbocycles. The lowest BCUT2D eigenvalue weighted by Gasteiger charge is -2.32. The fourth-order valence-electron chi connectivity index (χ4n) is 4.80. The van der Waals surface area contributed by atoms with Crippen LogP contribution in [0.15, 0.2) is 85.1 Å². The van der Waals surface area contributed by atoms with Crippen molar-refractivity contribution < 1.29 is 0 Å². The number of halogens is 3. The van der Waals surface area contributed by atoms with Crippen molar-refractivity contribution in [2.24, 2.45) is 0 Å². The second-order valence-corrected chi connectivity index (χ2v) is 9.21. The number of likely N-dealkylation sites (tertiary alicyclic amines) is 1. The van der Waals surface area contributed by atoms with Crippen LogP contribution in [0.1, 0.15) is 29.5 Å². The lowest BCUT2D eigenvalue weighted by atomic mass is 10.0. The van der Waals surface area contributed by atoms with Crippen molar-refractivity contribution in [3.8, 4) is 0 Å². The number of nitrogens with zero attached hydrogens (tertiary/aromatic N) is 2. The molecule has 1 aliphatic rings. The number of fused-ring (bicyclic) bond motifs is 1. The second-order valence-electron chi connectivity index (χ2n) is 8.81. The van der Waals surface area contributed by atoms with Crippen molar-refractivity contribution >= 4 is 47.3 Å². The number of nitrogens with one attached hydrogen (secondary N) is 1. The Kier molecular flexibility index (Phi) is 9.87. The van der Waals surface area contributed by atoms with Gasteiger partial charge in [-0.25, -0.2) is 0 Å². The molecule has 1 saturated heterocycles. The zero-order valence-corrected chi connectivity index (χ0v) is 21.6. The summed E-state index contributed by atoms with van der Waals surface area (Å²) in [5.41, 5.74) is 5.19. The number of rotatable bonds is 7. The summed E-state index contributed by atoms with van der Waals surface area (Å²) in [5.74, 6) is 0. The largest absolute Gasteiger partial charge is 0.343 e. The molecule has 0 radical (unpaired) electrons. The molecule has 0 saturated carbocycles. The maximum Gasteiger partial charge on any atom is 0.0491 e. The highest BCUT2D eigenvalue weighted by Crippen LogP contribution is 2.25. The molecule has 0 spiro atoms. The highest BCUT2D eigenvalue weighted by Gasteiger charge is 2.19. The van der Waals surface area contributed by atoms with Crippen molar-refractivity contribution in [1.29, 1.82) is 0 Å². The summed E-state index contributed by atoms with van der Waals surface area (Å²) in [6, 6.07) is 28.2. The number of aromatic nitrogens is 1. The fraction of sp³-hybridized carbons (Fsp3) is 0.286. The van der Waals surface area contributed by atoms with Crippen LogP contribution in [0.3, 0.4) is 0 Å². The number of hydrogen-bond acceptors (Lipinski definition) is 2. The third kappa shape index (κ3) is 6.35. The molecule has 0 bridgehead atoms. The molecule has 1 N–H and O–H groups in total. The third-order valence-corrected chi connectivity index (χ3v) is 6.96. The Morgan fingerprint density at radius 1 is 0.765 bits per heavy atom. The van der Waals surface area contributed by atoms with Gasteiger partial charge in [-0.05, 0) is 54.8 Å². The summed E-state index contributed by atoms with van der Waals surface area (Å²) >= 11 is 6.43. The minimum atomic E-state index is 0. The van der Waals surface area contributed by atoms with E-state index >= 15 is 0 Å². The van der Waals surface area contributed by atoms with Gasteiger partial charge in [-0.3, -0.25) is 4.90 Å². The monoisotopic (exact) mass is 515 g/mol. The SMILES string of the molecule is Cl.Cl.Clc1ccccc1Cn1cc(CNC2CCN(Cc3ccccc3)CC2)c2ccccc21. The standard InChI is InChI=1S/C28H30ClN3.2ClH/c29-27-12-6-4-10-23(27)20-32-21-24(26-11-5-7-13-28(26)32)18-30-25-14-16-31(17-15-25)19-22-8-2-1-3-9-22;;/h1-13,21,25,30H,14-20H2;2*1H. The topological polar surface area (TPSA) is 20.2 Å². The Hall–Kier alpha value is -2.01. The molecule has 0 unspecified atom stereocenters. The van der Waals surface area contributed by atoms with Crippen LogP contribution in [0.4, 0.5) is 0 Å². The minimum absolute atomic E-state index is 0. The van der Waals surface area contributed by atoms with Gasteiger partial charge in [-0.15, -0.1) is 24.8 Å². The van der Waals surface area contributed by atoms with Crippen molar-refractivity contribution in [2.45, 2.75) is 38.5 Å². The van der Waals surface area contributed by atoms with Crippen molar-refractivity contribution in [3.05, 3.63) is 107 Å². The van der Waals surface area contributed by atoms with E-state index in [-0.39, 0.29) is 24.8 Å². The minimum Gasteiger partial charge on any atom is -0.343 e. The molecule has 2 heterocycles. The fourth-order valence-corrected chi connectivity index (χ4v) is 4.99. The summed E-state index contributed by atoms with van der Waals surface area (Å²) in [5, 5.41) is 5.99. The van der Waals surface area contributed by atoms with Crippen molar-refractivity contribution in [2.75, 3.05) is 13.1 Å². The predicted octanol–water partition coefficient (Wildman–Crippen LogP) is 6.94. The molecule has 34 heavy (non-hydrogen) atoms. The van der Waals surface area contributed by atoms with Gasteiger partial charge in [-0.1, -0.05) is 78.3 Å². The molecular weight excluding hydrogens is 485 g/mol. The Bertz CT molecular complexity index is 1170. The number of hydrogen-bond donors (Lipinski definition) is 1. The number of para-hydroxylation sites is 1. The number of piperidine rings is 1. The first kappa shape index (κ1) is 26.6. The first-order chi connectivity index (χ1) is 15.8. The molecule has 6 heteroatoms. The second kappa shape index (κ2) is 12.6. The van der Waals surface area contributed by atoms with Gasteiger partial charge in [0.15, 0.2) is 0 Å². The Morgan fingerprint density at radius 3 is 2.21 bits per heavy atom. The molecule has 4 aromatic rings. The average molecular weight is 517 g/mol. The molecule has 5 rings (SSSR count). The zero-order valence-electron chi connectivity index (χ0n) is 19.2. The van der Waals surface area contributed by atoms with Gasteiger partial charge in [-0.2, -0.15) is 0 Å². The summed E-state index contributed by atoms with van der Waals surface area (Å²) in [6.07, 6.45) is 4.70. The van der Waals surface area contributed by atoms with Gasteiger partial charge < -0.3 is 9.88 Å². The summed E-state index contributed by atoms with van der Waals surface area (Å²) in [7, 11) is 0. The van der Waals surface area contributed by atoms with E-state index in [0.29, 0.717) is 6.04 Å². The van der Waals surface area contributed by atoms with Crippen LogP contribution in [0.2, 0.25) is 5.02 Å². The van der Waals surface area contributed by atoms with Gasteiger partial charge in [0.2, 0.25) is 0 Å². The molecular formula is C28H32Cl3N3. The number of benzene rings is 3. The molecule has 3 nitrogen and oxygen atoms in total. The van der Waals surface area contributed by atoms with Crippen LogP contribution in [-0.4, -0.2) is 28.6 Å². The maximum atomic E-state index is 6.43. The van der Waals surface area contributed by atoms with E-state index in [9.17, 15) is 0 Å². The van der Waals surface area contributed by atoms with Crippen LogP contribution >= 0.6 is 36.4 Å². The van der Waals surface area contributed by atoms with Crippen LogP contribution in [0.25, 0.3) is 10.9 Å². The predicted molar refractivity (Wildman–Crippen MR) is 149 cm³/mol. The van der Waals surface area contributed by atoms with Gasteiger partial charge in [0, 0.05) is 47.8 Å². The van der Waals surface area contributed by atoms with E-state index in [1.165, 1.54) is 34.9 Å². The van der Waals surface area contributed by atoms with E-state index in [1.54, 1.807) is 0 Å². The quantitative estimate of drug-likeness (QED) is 0.287. The first-order valence-corrected chi connectivity index (χ1v) is 11.9. The lowest BCUT2D eigenvalue weighted by molar-refractivity contribution is 0.190. The Morgan fingerprint density at radius 2 is 1.44 bits per heavy atom. The van der Waals surface area contributed by atoms with Crippen LogP contribution in [-0.2, 0) is 19.6 Å². The van der Waals surface area contributed by atoms with Gasteiger partial charge in [0.25, 0.3) is 0 Å². The molecule has 0 atom stereocenters. The average Bonchev–Trinajstić information content (AvgIpc) is 3.18. The van der Waals surface area contributed by atoms with E-state index in [1.807, 2.05) is 12.1 Å². The zero-order chi connectivity index (χ0) is 21.8. The van der Waals surface area contributed by atoms with E-state index in [4.69, 9.17) is 11.6 Å². The Balaban J connectivity index is 0.00000162. The van der Waals surface area contributed by atoms with Crippen LogP contribution < -0.4 is 5.32 Å². The van der Waals surface area contributed by atoms with Crippen molar-refractivity contribution in [3.63, 3.8) is 0 Å². The smallest absolute Gasteiger partial charge is 0.0491 e. The van der Waals surface area contributed by atoms with Gasteiger partial charge in [0.05, 0.1) is 0 Å². The molecule has 180 valence electrons. The van der Waals surface area contributed by atoms with Crippen LogP contribution in [0.5, 0.6) is 0 Å². The van der Waals surface area contributed by atoms with Gasteiger partial charge in [0.1, 0.15) is 0 Å². The molecule has 1 aromatic heterocycles. The first-order valence-electron chi connectivity index (χ1n) is 11.6.